The zero-order valence-electron chi connectivity index (χ0n) is 11.8. The fourth-order valence-electron chi connectivity index (χ4n) is 2.18. The second-order valence-corrected chi connectivity index (χ2v) is 4.85. The molecule has 1 heterocycles. The SMILES string of the molecule is COc1ccc2c(ccn2CC(=O)N[C@H](C)CCO)c1. The zero-order chi connectivity index (χ0) is 14.5. The van der Waals surface area contributed by atoms with Crippen LogP contribution in [0.1, 0.15) is 13.3 Å². The van der Waals surface area contributed by atoms with Crippen molar-refractivity contribution in [3.63, 3.8) is 0 Å². The Morgan fingerprint density at radius 1 is 1.45 bits per heavy atom. The minimum atomic E-state index is -0.0562. The number of nitrogens with one attached hydrogen (secondary N) is 1. The highest BCUT2D eigenvalue weighted by Gasteiger charge is 2.09. The largest absolute Gasteiger partial charge is 0.497 e. The van der Waals surface area contributed by atoms with Crippen molar-refractivity contribution < 1.29 is 14.6 Å². The molecule has 0 bridgehead atoms. The third-order valence-corrected chi connectivity index (χ3v) is 3.26. The van der Waals surface area contributed by atoms with Gasteiger partial charge in [0.1, 0.15) is 12.3 Å². The third-order valence-electron chi connectivity index (χ3n) is 3.26. The molecule has 2 rings (SSSR count). The summed E-state index contributed by atoms with van der Waals surface area (Å²) in [6.45, 7) is 2.23. The van der Waals surface area contributed by atoms with Crippen molar-refractivity contribution in [2.75, 3.05) is 13.7 Å². The monoisotopic (exact) mass is 276 g/mol. The number of fused-ring (bicyclic) bond motifs is 1. The molecular weight excluding hydrogens is 256 g/mol. The van der Waals surface area contributed by atoms with Crippen LogP contribution in [0.4, 0.5) is 0 Å². The molecule has 0 spiro atoms. The predicted molar refractivity (Wildman–Crippen MR) is 77.8 cm³/mol. The van der Waals surface area contributed by atoms with E-state index in [1.54, 1.807) is 7.11 Å². The molecule has 20 heavy (non-hydrogen) atoms. The lowest BCUT2D eigenvalue weighted by atomic mass is 10.2. The quantitative estimate of drug-likeness (QED) is 0.841. The Balaban J connectivity index is 2.08. The van der Waals surface area contributed by atoms with Crippen molar-refractivity contribution in [2.24, 2.45) is 0 Å². The van der Waals surface area contributed by atoms with E-state index in [-0.39, 0.29) is 25.1 Å². The van der Waals surface area contributed by atoms with Gasteiger partial charge in [0, 0.05) is 29.7 Å². The fraction of sp³-hybridized carbons (Fsp3) is 0.400. The maximum absolute atomic E-state index is 11.9. The number of carbonyl (C=O) groups excluding carboxylic acids is 1. The van der Waals surface area contributed by atoms with Crippen molar-refractivity contribution in [1.29, 1.82) is 0 Å². The molecule has 5 heteroatoms. The number of hydrogen-bond donors (Lipinski definition) is 2. The smallest absolute Gasteiger partial charge is 0.240 e. The maximum Gasteiger partial charge on any atom is 0.240 e. The zero-order valence-corrected chi connectivity index (χ0v) is 11.8. The van der Waals surface area contributed by atoms with Gasteiger partial charge >= 0.3 is 0 Å². The summed E-state index contributed by atoms with van der Waals surface area (Å²) in [7, 11) is 1.63. The molecule has 1 aromatic carbocycles. The summed E-state index contributed by atoms with van der Waals surface area (Å²) in [6, 6.07) is 7.71. The summed E-state index contributed by atoms with van der Waals surface area (Å²) in [5.41, 5.74) is 0.996. The first-order chi connectivity index (χ1) is 9.63. The number of aliphatic hydroxyl groups is 1. The normalized spacial score (nSPS) is 12.3. The maximum atomic E-state index is 11.9. The van der Waals surface area contributed by atoms with E-state index in [1.165, 1.54) is 0 Å². The van der Waals surface area contributed by atoms with E-state index in [0.29, 0.717) is 6.42 Å². The molecule has 0 aliphatic rings. The second-order valence-electron chi connectivity index (χ2n) is 4.85. The average Bonchev–Trinajstić information content (AvgIpc) is 2.81. The summed E-state index contributed by atoms with van der Waals surface area (Å²) in [5, 5.41) is 12.7. The van der Waals surface area contributed by atoms with Gasteiger partial charge in [0.15, 0.2) is 0 Å². The molecule has 0 saturated heterocycles. The Bertz CT molecular complexity index is 592. The lowest BCUT2D eigenvalue weighted by Gasteiger charge is -2.13. The van der Waals surface area contributed by atoms with Gasteiger partial charge in [-0.3, -0.25) is 4.79 Å². The topological polar surface area (TPSA) is 63.5 Å². The summed E-state index contributed by atoms with van der Waals surface area (Å²) in [5.74, 6) is 0.746. The predicted octanol–water partition coefficient (Wildman–Crippen LogP) is 1.54. The van der Waals surface area contributed by atoms with Gasteiger partial charge in [-0.05, 0) is 37.6 Å². The number of benzene rings is 1. The molecule has 2 N–H and O–H groups in total. The van der Waals surface area contributed by atoms with Crippen LogP contribution in [0, 0.1) is 0 Å². The van der Waals surface area contributed by atoms with Crippen molar-refractivity contribution in [3.8, 4) is 5.75 Å². The van der Waals surface area contributed by atoms with Crippen LogP contribution in [0.15, 0.2) is 30.5 Å². The molecule has 0 unspecified atom stereocenters. The summed E-state index contributed by atoms with van der Waals surface area (Å²) in [4.78, 5) is 11.9. The van der Waals surface area contributed by atoms with Gasteiger partial charge in [0.05, 0.1) is 7.11 Å². The van der Waals surface area contributed by atoms with Crippen LogP contribution in [0.5, 0.6) is 5.75 Å². The Hall–Kier alpha value is -2.01. The lowest BCUT2D eigenvalue weighted by Crippen LogP contribution is -2.35. The molecule has 0 aliphatic carbocycles. The highest BCUT2D eigenvalue weighted by Crippen LogP contribution is 2.21. The Morgan fingerprint density at radius 2 is 2.25 bits per heavy atom. The van der Waals surface area contributed by atoms with Crippen LogP contribution < -0.4 is 10.1 Å². The van der Waals surface area contributed by atoms with E-state index in [0.717, 1.165) is 16.7 Å². The molecule has 1 amide bonds. The Kier molecular flexibility index (Phi) is 4.63. The highest BCUT2D eigenvalue weighted by molar-refractivity contribution is 5.84. The molecule has 108 valence electrons. The van der Waals surface area contributed by atoms with Gasteiger partial charge in [0.25, 0.3) is 0 Å². The fourth-order valence-corrected chi connectivity index (χ4v) is 2.18. The van der Waals surface area contributed by atoms with Gasteiger partial charge in [-0.2, -0.15) is 0 Å². The minimum absolute atomic E-state index is 0.0191. The number of hydrogen-bond acceptors (Lipinski definition) is 3. The Morgan fingerprint density at radius 3 is 2.95 bits per heavy atom. The van der Waals surface area contributed by atoms with Crippen molar-refractivity contribution in [2.45, 2.75) is 25.9 Å². The third kappa shape index (κ3) is 3.30. The first kappa shape index (κ1) is 14.4. The van der Waals surface area contributed by atoms with Gasteiger partial charge in [-0.1, -0.05) is 0 Å². The second kappa shape index (κ2) is 6.43. The van der Waals surface area contributed by atoms with Crippen molar-refractivity contribution in [3.05, 3.63) is 30.5 Å². The molecular formula is C15H20N2O3. The summed E-state index contributed by atoms with van der Waals surface area (Å²) < 4.78 is 7.08. The molecule has 0 fully saturated rings. The Labute approximate surface area is 118 Å². The van der Waals surface area contributed by atoms with E-state index in [2.05, 4.69) is 5.32 Å². The molecule has 2 aromatic rings. The van der Waals surface area contributed by atoms with Gasteiger partial charge in [0.2, 0.25) is 5.91 Å². The van der Waals surface area contributed by atoms with E-state index >= 15 is 0 Å². The van der Waals surface area contributed by atoms with Crippen LogP contribution in [-0.4, -0.2) is 35.3 Å². The van der Waals surface area contributed by atoms with Gasteiger partial charge in [-0.15, -0.1) is 0 Å². The van der Waals surface area contributed by atoms with Crippen LogP contribution in [0.25, 0.3) is 10.9 Å². The van der Waals surface area contributed by atoms with E-state index < -0.39 is 0 Å². The number of methoxy groups -OCH3 is 1. The minimum Gasteiger partial charge on any atom is -0.497 e. The molecule has 1 aromatic heterocycles. The van der Waals surface area contributed by atoms with Gasteiger partial charge in [-0.25, -0.2) is 0 Å². The standard InChI is InChI=1S/C15H20N2O3/c1-11(6-8-18)16-15(19)10-17-7-5-12-9-13(20-2)3-4-14(12)17/h3-5,7,9,11,18H,6,8,10H2,1-2H3,(H,16,19)/t11-/m1/s1. The molecule has 0 saturated carbocycles. The number of aromatic nitrogens is 1. The molecule has 0 radical (unpaired) electrons. The first-order valence-electron chi connectivity index (χ1n) is 6.67. The molecule has 5 nitrogen and oxygen atoms in total. The number of carbonyl (C=O) groups is 1. The van der Waals surface area contributed by atoms with Gasteiger partial charge < -0.3 is 19.7 Å². The highest BCUT2D eigenvalue weighted by atomic mass is 16.5. The number of amides is 1. The summed E-state index contributed by atoms with van der Waals surface area (Å²) in [6.07, 6.45) is 2.45. The van der Waals surface area contributed by atoms with Crippen LogP contribution in [0.3, 0.4) is 0 Å². The van der Waals surface area contributed by atoms with Crippen molar-refractivity contribution >= 4 is 16.8 Å². The van der Waals surface area contributed by atoms with Crippen LogP contribution >= 0.6 is 0 Å². The van der Waals surface area contributed by atoms with Crippen molar-refractivity contribution in [1.82, 2.24) is 9.88 Å². The number of rotatable bonds is 6. The first-order valence-corrected chi connectivity index (χ1v) is 6.67. The van der Waals surface area contributed by atoms with E-state index in [9.17, 15) is 4.79 Å². The molecule has 1 atom stereocenters. The lowest BCUT2D eigenvalue weighted by molar-refractivity contribution is -0.122. The van der Waals surface area contributed by atoms with E-state index in [4.69, 9.17) is 9.84 Å². The number of aliphatic hydroxyl groups excluding tert-OH is 1. The average molecular weight is 276 g/mol. The van der Waals surface area contributed by atoms with Crippen LogP contribution in [-0.2, 0) is 11.3 Å². The summed E-state index contributed by atoms with van der Waals surface area (Å²) >= 11 is 0. The molecule has 0 aliphatic heterocycles. The van der Waals surface area contributed by atoms with Crippen LogP contribution in [0.2, 0.25) is 0 Å². The number of ether oxygens (including phenoxy) is 1. The number of nitrogens with zero attached hydrogens (tertiary/aromatic N) is 1. The van der Waals surface area contributed by atoms with E-state index in [1.807, 2.05) is 42.0 Å².